The number of hydrogen-bond acceptors (Lipinski definition) is 4. The molecule has 1 aromatic carbocycles. The molecule has 112 valence electrons. The van der Waals surface area contributed by atoms with Crippen LogP contribution in [0.5, 0.6) is 0 Å². The summed E-state index contributed by atoms with van der Waals surface area (Å²) in [6.45, 7) is 2.47. The molecule has 0 aliphatic carbocycles. The van der Waals surface area contributed by atoms with Gasteiger partial charge in [-0.25, -0.2) is 9.55 Å². The summed E-state index contributed by atoms with van der Waals surface area (Å²) in [6, 6.07) is 7.49. The number of amides is 1. The quantitative estimate of drug-likeness (QED) is 0.494. The van der Waals surface area contributed by atoms with E-state index in [1.54, 1.807) is 18.0 Å². The molecule has 22 heavy (non-hydrogen) atoms. The van der Waals surface area contributed by atoms with Gasteiger partial charge in [-0.15, -0.1) is 0 Å². The summed E-state index contributed by atoms with van der Waals surface area (Å²) in [5, 5.41) is 10.9. The molecule has 0 saturated heterocycles. The highest BCUT2D eigenvalue weighted by molar-refractivity contribution is 6.35. The van der Waals surface area contributed by atoms with Crippen molar-refractivity contribution in [2.24, 2.45) is 7.05 Å². The van der Waals surface area contributed by atoms with Gasteiger partial charge in [0.15, 0.2) is 0 Å². The maximum atomic E-state index is 12.5. The van der Waals surface area contributed by atoms with Crippen LogP contribution in [0.25, 0.3) is 11.6 Å². The minimum atomic E-state index is -0.502. The van der Waals surface area contributed by atoms with E-state index in [9.17, 15) is 14.9 Å². The number of anilines is 1. The van der Waals surface area contributed by atoms with E-state index in [4.69, 9.17) is 0 Å². The largest absolute Gasteiger partial charge is 0.358 e. The zero-order valence-corrected chi connectivity index (χ0v) is 12.2. The molecule has 7 nitrogen and oxygen atoms in total. The average Bonchev–Trinajstić information content (AvgIpc) is 2.99. The van der Waals surface area contributed by atoms with Crippen molar-refractivity contribution in [3.8, 4) is 0 Å². The van der Waals surface area contributed by atoms with E-state index in [2.05, 4.69) is 4.98 Å². The molecule has 0 atom stereocenters. The zero-order chi connectivity index (χ0) is 15.9. The van der Waals surface area contributed by atoms with E-state index in [1.807, 2.05) is 31.2 Å². The Morgan fingerprint density at radius 2 is 2.09 bits per heavy atom. The Bertz CT molecular complexity index is 807. The fraction of sp³-hybridized carbons (Fsp3) is 0.200. The summed E-state index contributed by atoms with van der Waals surface area (Å²) in [5.41, 5.74) is 2.17. The molecule has 3 rings (SSSR count). The SMILES string of the molecule is CCN1C(=O)/C(=C/c2ncc([N+](=O)[O-])n2C)c2ccccc21. The van der Waals surface area contributed by atoms with Crippen molar-refractivity contribution in [1.82, 2.24) is 9.55 Å². The number of carbonyl (C=O) groups excluding carboxylic acids is 1. The molecule has 0 bridgehead atoms. The minimum Gasteiger partial charge on any atom is -0.358 e. The summed E-state index contributed by atoms with van der Waals surface area (Å²) < 4.78 is 1.36. The van der Waals surface area contributed by atoms with Crippen molar-refractivity contribution in [3.63, 3.8) is 0 Å². The van der Waals surface area contributed by atoms with Gasteiger partial charge in [-0.3, -0.25) is 4.79 Å². The highest BCUT2D eigenvalue weighted by Crippen LogP contribution is 2.37. The predicted octanol–water partition coefficient (Wildman–Crippen LogP) is 2.24. The maximum absolute atomic E-state index is 12.5. The van der Waals surface area contributed by atoms with Crippen LogP contribution in [0.4, 0.5) is 11.5 Å². The number of nitro groups is 1. The van der Waals surface area contributed by atoms with Crippen LogP contribution >= 0.6 is 0 Å². The van der Waals surface area contributed by atoms with Crippen molar-refractivity contribution in [3.05, 3.63) is 52.0 Å². The van der Waals surface area contributed by atoms with Gasteiger partial charge >= 0.3 is 5.82 Å². The molecule has 2 heterocycles. The number of likely N-dealkylation sites (N-methyl/N-ethyl adjacent to an activating group) is 1. The molecule has 1 aromatic heterocycles. The van der Waals surface area contributed by atoms with Gasteiger partial charge in [0, 0.05) is 18.2 Å². The van der Waals surface area contributed by atoms with Crippen LogP contribution in [0, 0.1) is 10.1 Å². The first-order valence-electron chi connectivity index (χ1n) is 6.83. The van der Waals surface area contributed by atoms with Gasteiger partial charge in [0.25, 0.3) is 5.91 Å². The van der Waals surface area contributed by atoms with Crippen molar-refractivity contribution < 1.29 is 9.72 Å². The number of para-hydroxylation sites is 1. The highest BCUT2D eigenvalue weighted by atomic mass is 16.6. The molecule has 7 heteroatoms. The molecule has 1 aliphatic rings. The molecule has 0 spiro atoms. The van der Waals surface area contributed by atoms with Gasteiger partial charge in [0.2, 0.25) is 5.82 Å². The fourth-order valence-corrected chi connectivity index (χ4v) is 2.61. The van der Waals surface area contributed by atoms with Crippen LogP contribution in [-0.4, -0.2) is 26.9 Å². The number of hydrogen-bond donors (Lipinski definition) is 0. The Hall–Kier alpha value is -2.96. The number of rotatable bonds is 3. The van der Waals surface area contributed by atoms with E-state index in [0.717, 1.165) is 11.3 Å². The summed E-state index contributed by atoms with van der Waals surface area (Å²) in [4.78, 5) is 28.6. The fourth-order valence-electron chi connectivity index (χ4n) is 2.61. The Labute approximate surface area is 126 Å². The van der Waals surface area contributed by atoms with E-state index in [-0.39, 0.29) is 11.7 Å². The normalized spacial score (nSPS) is 15.5. The Balaban J connectivity index is 2.12. The molecule has 1 amide bonds. The van der Waals surface area contributed by atoms with Crippen LogP contribution in [0.2, 0.25) is 0 Å². The van der Waals surface area contributed by atoms with Gasteiger partial charge < -0.3 is 15.0 Å². The Kier molecular flexibility index (Phi) is 3.25. The van der Waals surface area contributed by atoms with Crippen molar-refractivity contribution >= 4 is 29.1 Å². The molecule has 0 saturated carbocycles. The van der Waals surface area contributed by atoms with Gasteiger partial charge in [0.1, 0.15) is 6.20 Å². The van der Waals surface area contributed by atoms with Crippen molar-refractivity contribution in [2.45, 2.75) is 6.92 Å². The first-order chi connectivity index (χ1) is 10.5. The summed E-state index contributed by atoms with van der Waals surface area (Å²) in [6.07, 6.45) is 2.79. The third kappa shape index (κ3) is 1.98. The summed E-state index contributed by atoms with van der Waals surface area (Å²) >= 11 is 0. The third-order valence-electron chi connectivity index (χ3n) is 3.74. The summed E-state index contributed by atoms with van der Waals surface area (Å²) in [7, 11) is 1.56. The van der Waals surface area contributed by atoms with Gasteiger partial charge in [0.05, 0.1) is 18.3 Å². The molecule has 2 aromatic rings. The maximum Gasteiger partial charge on any atom is 0.342 e. The first-order valence-corrected chi connectivity index (χ1v) is 6.83. The van der Waals surface area contributed by atoms with Gasteiger partial charge in [-0.1, -0.05) is 18.2 Å². The number of nitrogens with zero attached hydrogens (tertiary/aromatic N) is 4. The topological polar surface area (TPSA) is 81.3 Å². The standard InChI is InChI=1S/C15H14N4O3/c1-3-18-12-7-5-4-6-10(12)11(15(18)20)8-13-16-9-14(17(13)2)19(21)22/h4-9H,3H2,1-2H3/b11-8+. The number of benzene rings is 1. The molecule has 1 aliphatic heterocycles. The molecule has 0 radical (unpaired) electrons. The summed E-state index contributed by atoms with van der Waals surface area (Å²) in [5.74, 6) is 0.148. The molecular weight excluding hydrogens is 284 g/mol. The lowest BCUT2D eigenvalue weighted by molar-refractivity contribution is -0.391. The minimum absolute atomic E-state index is 0.113. The lowest BCUT2D eigenvalue weighted by Gasteiger charge is -2.13. The first kappa shape index (κ1) is 14.0. The lowest BCUT2D eigenvalue weighted by Crippen LogP contribution is -2.25. The monoisotopic (exact) mass is 298 g/mol. The van der Waals surface area contributed by atoms with Gasteiger partial charge in [-0.2, -0.15) is 0 Å². The van der Waals surface area contributed by atoms with Crippen molar-refractivity contribution in [1.29, 1.82) is 0 Å². The third-order valence-corrected chi connectivity index (χ3v) is 3.74. The van der Waals surface area contributed by atoms with Crippen LogP contribution in [0.1, 0.15) is 18.3 Å². The number of imidazole rings is 1. The molecular formula is C15H14N4O3. The van der Waals surface area contributed by atoms with Crippen LogP contribution in [-0.2, 0) is 11.8 Å². The zero-order valence-electron chi connectivity index (χ0n) is 12.2. The average molecular weight is 298 g/mol. The predicted molar refractivity (Wildman–Crippen MR) is 82.2 cm³/mol. The smallest absolute Gasteiger partial charge is 0.342 e. The molecule has 0 unspecified atom stereocenters. The van der Waals surface area contributed by atoms with Gasteiger partial charge in [-0.05, 0) is 17.9 Å². The van der Waals surface area contributed by atoms with E-state index in [1.165, 1.54) is 10.8 Å². The second kappa shape index (κ2) is 5.10. The Morgan fingerprint density at radius 3 is 2.73 bits per heavy atom. The lowest BCUT2D eigenvalue weighted by atomic mass is 10.1. The van der Waals surface area contributed by atoms with Crippen LogP contribution < -0.4 is 4.90 Å². The second-order valence-corrected chi connectivity index (χ2v) is 4.92. The van der Waals surface area contributed by atoms with E-state index >= 15 is 0 Å². The Morgan fingerprint density at radius 1 is 1.36 bits per heavy atom. The number of carbonyl (C=O) groups is 1. The second-order valence-electron chi connectivity index (χ2n) is 4.92. The van der Waals surface area contributed by atoms with Crippen LogP contribution in [0.3, 0.4) is 0 Å². The van der Waals surface area contributed by atoms with E-state index in [0.29, 0.717) is 17.9 Å². The van der Waals surface area contributed by atoms with Crippen LogP contribution in [0.15, 0.2) is 30.5 Å². The number of aromatic nitrogens is 2. The van der Waals surface area contributed by atoms with Crippen molar-refractivity contribution in [2.75, 3.05) is 11.4 Å². The number of fused-ring (bicyclic) bond motifs is 1. The van der Waals surface area contributed by atoms with E-state index < -0.39 is 4.92 Å². The molecule has 0 fully saturated rings. The highest BCUT2D eigenvalue weighted by Gasteiger charge is 2.31. The molecule has 0 N–H and O–H groups in total.